The smallest absolute Gasteiger partial charge is 0.274 e. The first-order valence-electron chi connectivity index (χ1n) is 7.30. The molecular formula is C18H14N3O2+. The molecule has 0 saturated heterocycles. The van der Waals surface area contributed by atoms with Gasteiger partial charge in [-0.1, -0.05) is 24.3 Å². The minimum Gasteiger partial charge on any atom is -0.288 e. The van der Waals surface area contributed by atoms with Crippen LogP contribution in [0, 0.1) is 0 Å². The first-order valence-corrected chi connectivity index (χ1v) is 7.30. The van der Waals surface area contributed by atoms with Crippen LogP contribution in [-0.2, 0) is 0 Å². The van der Waals surface area contributed by atoms with E-state index in [1.807, 2.05) is 48.7 Å². The fourth-order valence-electron chi connectivity index (χ4n) is 2.95. The number of hydroxylamine groups is 1. The standard InChI is InChI=1S/C18H13N3O2/c22-18(20-23)13-9-7-12(8-10-13)17-16-6-3-11-21(16)15-5-2-1-4-14(15)19-17/h1-11,17H,(H-,20,22,23)/p+1. The first-order chi connectivity index (χ1) is 11.3. The SMILES string of the molecule is O=C(NO)c1ccc(C2N=c3ccccc3=[N+]3C=CC=C23)cc1. The molecule has 1 atom stereocenters. The Balaban J connectivity index is 1.82. The summed E-state index contributed by atoms with van der Waals surface area (Å²) in [5.41, 5.74) is 4.12. The average Bonchev–Trinajstić information content (AvgIpc) is 3.10. The van der Waals surface area contributed by atoms with Crippen molar-refractivity contribution < 1.29 is 10.0 Å². The van der Waals surface area contributed by atoms with Crippen LogP contribution >= 0.6 is 0 Å². The third kappa shape index (κ3) is 2.18. The molecule has 0 bridgehead atoms. The molecule has 2 aromatic rings. The number of nitrogens with zero attached hydrogens (tertiary/aromatic N) is 2. The van der Waals surface area contributed by atoms with Crippen molar-refractivity contribution in [3.05, 3.63) is 94.4 Å². The van der Waals surface area contributed by atoms with Crippen LogP contribution in [-0.4, -0.2) is 11.1 Å². The van der Waals surface area contributed by atoms with E-state index in [0.717, 1.165) is 22.0 Å². The van der Waals surface area contributed by atoms with Gasteiger partial charge in [-0.25, -0.2) is 5.48 Å². The van der Waals surface area contributed by atoms with E-state index in [-0.39, 0.29) is 6.04 Å². The van der Waals surface area contributed by atoms with Gasteiger partial charge < -0.3 is 0 Å². The number of nitrogens with one attached hydrogen (secondary N) is 1. The molecule has 23 heavy (non-hydrogen) atoms. The van der Waals surface area contributed by atoms with Crippen LogP contribution in [0.1, 0.15) is 22.0 Å². The summed E-state index contributed by atoms with van der Waals surface area (Å²) in [6.45, 7) is 0. The molecule has 0 aromatic heterocycles. The van der Waals surface area contributed by atoms with E-state index < -0.39 is 5.91 Å². The summed E-state index contributed by atoms with van der Waals surface area (Å²) in [5.74, 6) is -0.522. The van der Waals surface area contributed by atoms with E-state index in [2.05, 4.69) is 10.7 Å². The maximum absolute atomic E-state index is 11.4. The number of fused-ring (bicyclic) bond motifs is 2. The average molecular weight is 304 g/mol. The topological polar surface area (TPSA) is 64.7 Å². The Morgan fingerprint density at radius 1 is 1.13 bits per heavy atom. The van der Waals surface area contributed by atoms with E-state index >= 15 is 0 Å². The van der Waals surface area contributed by atoms with Gasteiger partial charge in [0.25, 0.3) is 5.91 Å². The van der Waals surface area contributed by atoms with E-state index in [1.54, 1.807) is 17.6 Å². The number of allylic oxidation sites excluding steroid dienone is 2. The molecule has 0 fully saturated rings. The fourth-order valence-corrected chi connectivity index (χ4v) is 2.95. The zero-order valence-electron chi connectivity index (χ0n) is 12.2. The lowest BCUT2D eigenvalue weighted by atomic mass is 10.0. The molecule has 2 N–H and O–H groups in total. The number of carbonyl (C=O) groups excluding carboxylic acids is 1. The molecule has 112 valence electrons. The Bertz CT molecular complexity index is 972. The van der Waals surface area contributed by atoms with Gasteiger partial charge in [-0.05, 0) is 23.8 Å². The predicted octanol–water partition coefficient (Wildman–Crippen LogP) is 1.08. The molecule has 0 aliphatic carbocycles. The molecule has 0 radical (unpaired) electrons. The van der Waals surface area contributed by atoms with Crippen molar-refractivity contribution in [2.45, 2.75) is 6.04 Å². The van der Waals surface area contributed by atoms with Gasteiger partial charge >= 0.3 is 0 Å². The lowest BCUT2D eigenvalue weighted by Crippen LogP contribution is -2.41. The van der Waals surface area contributed by atoms with Crippen molar-refractivity contribution in [1.82, 2.24) is 10.1 Å². The predicted molar refractivity (Wildman–Crippen MR) is 84.1 cm³/mol. The number of hydrogen-bond donors (Lipinski definition) is 2. The minimum atomic E-state index is -0.522. The van der Waals surface area contributed by atoms with Gasteiger partial charge in [-0.2, -0.15) is 4.58 Å². The monoisotopic (exact) mass is 304 g/mol. The Morgan fingerprint density at radius 2 is 1.91 bits per heavy atom. The molecule has 2 aromatic carbocycles. The van der Waals surface area contributed by atoms with Gasteiger partial charge in [-0.15, -0.1) is 0 Å². The number of benzene rings is 2. The van der Waals surface area contributed by atoms with E-state index in [9.17, 15) is 4.79 Å². The second-order valence-corrected chi connectivity index (χ2v) is 5.39. The van der Waals surface area contributed by atoms with Gasteiger partial charge in [0.1, 0.15) is 5.36 Å². The van der Waals surface area contributed by atoms with Crippen molar-refractivity contribution in [1.29, 1.82) is 0 Å². The molecule has 0 saturated carbocycles. The van der Waals surface area contributed by atoms with E-state index in [0.29, 0.717) is 5.56 Å². The summed E-state index contributed by atoms with van der Waals surface area (Å²) in [7, 11) is 0. The van der Waals surface area contributed by atoms with Crippen molar-refractivity contribution >= 4 is 5.91 Å². The summed E-state index contributed by atoms with van der Waals surface area (Å²) in [6.07, 6.45) is 6.09. The highest BCUT2D eigenvalue weighted by Gasteiger charge is 2.30. The lowest BCUT2D eigenvalue weighted by molar-refractivity contribution is 0.0706. The number of para-hydroxylation sites is 2. The minimum absolute atomic E-state index is 0.119. The van der Waals surface area contributed by atoms with Crippen LogP contribution in [0.5, 0.6) is 0 Å². The molecule has 2 aliphatic heterocycles. The zero-order chi connectivity index (χ0) is 15.8. The van der Waals surface area contributed by atoms with Crippen LogP contribution in [0.25, 0.3) is 0 Å². The number of rotatable bonds is 2. The van der Waals surface area contributed by atoms with Gasteiger partial charge in [0.05, 0.1) is 0 Å². The Kier molecular flexibility index (Phi) is 3.13. The van der Waals surface area contributed by atoms with Crippen molar-refractivity contribution in [2.75, 3.05) is 0 Å². The number of amides is 1. The lowest BCUT2D eigenvalue weighted by Gasteiger charge is -2.15. The quantitative estimate of drug-likeness (QED) is 0.495. The maximum Gasteiger partial charge on any atom is 0.274 e. The maximum atomic E-state index is 11.4. The Morgan fingerprint density at radius 3 is 2.70 bits per heavy atom. The van der Waals surface area contributed by atoms with Crippen molar-refractivity contribution in [2.24, 2.45) is 4.99 Å². The van der Waals surface area contributed by atoms with Crippen LogP contribution < -0.4 is 20.8 Å². The van der Waals surface area contributed by atoms with Crippen LogP contribution in [0.3, 0.4) is 0 Å². The van der Waals surface area contributed by atoms with Gasteiger partial charge in [0.15, 0.2) is 12.2 Å². The van der Waals surface area contributed by atoms with E-state index in [1.165, 1.54) is 0 Å². The van der Waals surface area contributed by atoms with Gasteiger partial charge in [0.2, 0.25) is 11.1 Å². The third-order valence-corrected chi connectivity index (χ3v) is 4.06. The summed E-state index contributed by atoms with van der Waals surface area (Å²) < 4.78 is 2.14. The van der Waals surface area contributed by atoms with Crippen molar-refractivity contribution in [3.8, 4) is 0 Å². The summed E-state index contributed by atoms with van der Waals surface area (Å²) in [6, 6.07) is 15.0. The summed E-state index contributed by atoms with van der Waals surface area (Å²) in [4.78, 5) is 16.3. The molecular weight excluding hydrogens is 290 g/mol. The van der Waals surface area contributed by atoms with Crippen LogP contribution in [0.15, 0.2) is 77.6 Å². The van der Waals surface area contributed by atoms with E-state index in [4.69, 9.17) is 10.2 Å². The zero-order valence-corrected chi connectivity index (χ0v) is 12.2. The Labute approximate surface area is 132 Å². The molecule has 5 heteroatoms. The molecule has 2 heterocycles. The highest BCUT2D eigenvalue weighted by atomic mass is 16.5. The van der Waals surface area contributed by atoms with Crippen LogP contribution in [0.2, 0.25) is 0 Å². The summed E-state index contributed by atoms with van der Waals surface area (Å²) >= 11 is 0. The Hall–Kier alpha value is -3.05. The highest BCUT2D eigenvalue weighted by molar-refractivity contribution is 5.93. The fraction of sp³-hybridized carbons (Fsp3) is 0.0556. The van der Waals surface area contributed by atoms with Gasteiger partial charge in [0, 0.05) is 23.8 Å². The number of carbonyl (C=O) groups is 1. The number of hydrogen-bond acceptors (Lipinski definition) is 3. The molecule has 4 rings (SSSR count). The second kappa shape index (κ2) is 5.30. The molecule has 0 spiro atoms. The molecule has 1 unspecified atom stereocenters. The van der Waals surface area contributed by atoms with Crippen molar-refractivity contribution in [3.63, 3.8) is 0 Å². The largest absolute Gasteiger partial charge is 0.288 e. The summed E-state index contributed by atoms with van der Waals surface area (Å²) in [5, 5.41) is 10.7. The highest BCUT2D eigenvalue weighted by Crippen LogP contribution is 2.28. The second-order valence-electron chi connectivity index (χ2n) is 5.39. The molecule has 2 aliphatic rings. The van der Waals surface area contributed by atoms with Gasteiger partial charge in [-0.3, -0.25) is 15.0 Å². The first kappa shape index (κ1) is 13.6. The normalized spacial score (nSPS) is 17.9. The molecule has 5 nitrogen and oxygen atoms in total. The third-order valence-electron chi connectivity index (χ3n) is 4.06. The molecule has 1 amide bonds. The van der Waals surface area contributed by atoms with Crippen LogP contribution in [0.4, 0.5) is 0 Å².